The summed E-state index contributed by atoms with van der Waals surface area (Å²) in [6.07, 6.45) is 5.02. The van der Waals surface area contributed by atoms with Crippen molar-refractivity contribution in [2.45, 2.75) is 83.3 Å². The maximum absolute atomic E-state index is 13.4. The average Bonchev–Trinajstić information content (AvgIpc) is 3.22. The SMILES string of the molecule is C[C@]12CCC(=O)C=C1CC[C@@H]1[C@H]2[C@@H](O)C[C@@]2(C)[C@@H]1CC[C@]2(O)C(=O)COC(=O)CCC(=O)NCCN1CCNCC1. The summed E-state index contributed by atoms with van der Waals surface area (Å²) in [5, 5.41) is 29.4. The topological polar surface area (TPSA) is 145 Å². The molecule has 0 radical (unpaired) electrons. The molecule has 4 aliphatic carbocycles. The fraction of sp³-hybridized carbons (Fsp3) is 0.806. The number of hydrogen-bond donors (Lipinski definition) is 4. The van der Waals surface area contributed by atoms with E-state index >= 15 is 0 Å². The molecule has 0 aromatic carbocycles. The lowest BCUT2D eigenvalue weighted by molar-refractivity contribution is -0.184. The Hall–Kier alpha value is -2.14. The summed E-state index contributed by atoms with van der Waals surface area (Å²) in [4.78, 5) is 52.3. The summed E-state index contributed by atoms with van der Waals surface area (Å²) >= 11 is 0. The highest BCUT2D eigenvalue weighted by atomic mass is 16.5. The smallest absolute Gasteiger partial charge is 0.306 e. The Balaban J connectivity index is 1.13. The van der Waals surface area contributed by atoms with Crippen molar-refractivity contribution in [1.82, 2.24) is 15.5 Å². The Labute approximate surface area is 242 Å². The molecule has 3 saturated carbocycles. The van der Waals surface area contributed by atoms with Crippen LogP contribution in [0.4, 0.5) is 0 Å². The van der Waals surface area contributed by atoms with Gasteiger partial charge in [0.25, 0.3) is 0 Å². The number of carbonyl (C=O) groups excluding carboxylic acids is 4. The molecule has 0 spiro atoms. The van der Waals surface area contributed by atoms with Gasteiger partial charge in [0.05, 0.1) is 12.5 Å². The molecule has 0 aromatic heterocycles. The molecule has 0 unspecified atom stereocenters. The predicted molar refractivity (Wildman–Crippen MR) is 151 cm³/mol. The molecule has 41 heavy (non-hydrogen) atoms. The van der Waals surface area contributed by atoms with Crippen molar-refractivity contribution in [1.29, 1.82) is 0 Å². The number of fused-ring (bicyclic) bond motifs is 5. The number of allylic oxidation sites excluding steroid dienone is 1. The third-order valence-corrected chi connectivity index (χ3v) is 11.4. The van der Waals surface area contributed by atoms with E-state index in [-0.39, 0.29) is 54.1 Å². The lowest BCUT2D eigenvalue weighted by Crippen LogP contribution is -2.62. The van der Waals surface area contributed by atoms with Gasteiger partial charge in [0.1, 0.15) is 5.60 Å². The molecule has 5 rings (SSSR count). The van der Waals surface area contributed by atoms with E-state index in [1.807, 2.05) is 6.92 Å². The summed E-state index contributed by atoms with van der Waals surface area (Å²) in [5.74, 6) is -1.06. The monoisotopic (exact) mass is 573 g/mol. The van der Waals surface area contributed by atoms with E-state index < -0.39 is 35.5 Å². The van der Waals surface area contributed by atoms with Gasteiger partial charge in [-0.1, -0.05) is 19.4 Å². The number of aliphatic hydroxyl groups excluding tert-OH is 1. The van der Waals surface area contributed by atoms with Gasteiger partial charge in [-0.15, -0.1) is 0 Å². The summed E-state index contributed by atoms with van der Waals surface area (Å²) < 4.78 is 5.24. The van der Waals surface area contributed by atoms with Crippen LogP contribution >= 0.6 is 0 Å². The maximum atomic E-state index is 13.4. The number of amides is 1. The number of nitrogens with one attached hydrogen (secondary N) is 2. The van der Waals surface area contributed by atoms with Crippen molar-refractivity contribution in [2.75, 3.05) is 45.9 Å². The summed E-state index contributed by atoms with van der Waals surface area (Å²) in [6.45, 7) is 8.59. The highest BCUT2D eigenvalue weighted by Crippen LogP contribution is 2.67. The van der Waals surface area contributed by atoms with Crippen LogP contribution in [0, 0.1) is 28.6 Å². The Morgan fingerprint density at radius 1 is 1.12 bits per heavy atom. The number of carbonyl (C=O) groups is 4. The molecule has 5 aliphatic rings. The first kappa shape index (κ1) is 30.3. The van der Waals surface area contributed by atoms with Gasteiger partial charge < -0.3 is 25.6 Å². The quantitative estimate of drug-likeness (QED) is 0.298. The van der Waals surface area contributed by atoms with Gasteiger partial charge in [0.2, 0.25) is 11.7 Å². The number of esters is 1. The van der Waals surface area contributed by atoms with Crippen LogP contribution in [0.3, 0.4) is 0 Å². The summed E-state index contributed by atoms with van der Waals surface area (Å²) in [7, 11) is 0. The van der Waals surface area contributed by atoms with Crippen LogP contribution in [0.1, 0.15) is 71.6 Å². The largest absolute Gasteiger partial charge is 0.458 e. The third kappa shape index (κ3) is 5.65. The van der Waals surface area contributed by atoms with Gasteiger partial charge >= 0.3 is 5.97 Å². The molecule has 228 valence electrons. The normalized spacial score (nSPS) is 38.7. The molecule has 0 aromatic rings. The zero-order chi connectivity index (χ0) is 29.4. The van der Waals surface area contributed by atoms with Crippen LogP contribution in [0.2, 0.25) is 0 Å². The molecule has 4 fully saturated rings. The Bertz CT molecular complexity index is 1090. The second kappa shape index (κ2) is 11.9. The predicted octanol–water partition coefficient (Wildman–Crippen LogP) is 1.13. The number of aliphatic hydroxyl groups is 2. The van der Waals surface area contributed by atoms with Gasteiger partial charge in [0, 0.05) is 57.5 Å². The molecule has 1 saturated heterocycles. The van der Waals surface area contributed by atoms with Crippen LogP contribution in [0.15, 0.2) is 11.6 Å². The minimum atomic E-state index is -1.69. The van der Waals surface area contributed by atoms with Crippen LogP contribution < -0.4 is 10.6 Å². The molecule has 1 amide bonds. The van der Waals surface area contributed by atoms with Gasteiger partial charge in [-0.3, -0.25) is 24.1 Å². The molecular formula is C31H47N3O7. The first-order valence-corrected chi connectivity index (χ1v) is 15.5. The molecule has 10 nitrogen and oxygen atoms in total. The Morgan fingerprint density at radius 3 is 2.63 bits per heavy atom. The van der Waals surface area contributed by atoms with E-state index in [0.717, 1.165) is 57.6 Å². The highest BCUT2D eigenvalue weighted by molar-refractivity contribution is 5.92. The Morgan fingerprint density at radius 2 is 1.88 bits per heavy atom. The van der Waals surface area contributed by atoms with Crippen LogP contribution in [-0.2, 0) is 23.9 Å². The van der Waals surface area contributed by atoms with E-state index in [9.17, 15) is 29.4 Å². The maximum Gasteiger partial charge on any atom is 0.306 e. The van der Waals surface area contributed by atoms with Crippen molar-refractivity contribution < 1.29 is 34.1 Å². The molecule has 1 aliphatic heterocycles. The number of Topliss-reactive ketones (excluding diaryl/α,β-unsaturated/α-hetero) is 1. The lowest BCUT2D eigenvalue weighted by atomic mass is 9.45. The van der Waals surface area contributed by atoms with Gasteiger partial charge in [-0.05, 0) is 67.8 Å². The van der Waals surface area contributed by atoms with E-state index in [4.69, 9.17) is 4.74 Å². The molecular weight excluding hydrogens is 526 g/mol. The van der Waals surface area contributed by atoms with E-state index in [1.54, 1.807) is 6.08 Å². The highest BCUT2D eigenvalue weighted by Gasteiger charge is 2.68. The van der Waals surface area contributed by atoms with Gasteiger partial charge in [0.15, 0.2) is 12.4 Å². The number of ketones is 2. The van der Waals surface area contributed by atoms with Gasteiger partial charge in [-0.25, -0.2) is 0 Å². The second-order valence-electron chi connectivity index (χ2n) is 13.5. The molecule has 7 atom stereocenters. The van der Waals surface area contributed by atoms with Crippen molar-refractivity contribution >= 4 is 23.4 Å². The number of ether oxygens (including phenoxy) is 1. The van der Waals surface area contributed by atoms with Crippen molar-refractivity contribution in [3.63, 3.8) is 0 Å². The molecule has 1 heterocycles. The van der Waals surface area contributed by atoms with Crippen LogP contribution in [-0.4, -0.2) is 96.1 Å². The summed E-state index contributed by atoms with van der Waals surface area (Å²) in [6, 6.07) is 0. The third-order valence-electron chi connectivity index (χ3n) is 11.4. The van der Waals surface area contributed by atoms with Crippen molar-refractivity contribution in [3.05, 3.63) is 11.6 Å². The van der Waals surface area contributed by atoms with Crippen molar-refractivity contribution in [3.8, 4) is 0 Å². The Kier molecular flexibility index (Phi) is 8.77. The number of nitrogens with zero attached hydrogens (tertiary/aromatic N) is 1. The van der Waals surface area contributed by atoms with Crippen molar-refractivity contribution in [2.24, 2.45) is 28.6 Å². The minimum absolute atomic E-state index is 0.00744. The van der Waals surface area contributed by atoms with Crippen LogP contribution in [0.5, 0.6) is 0 Å². The number of rotatable bonds is 9. The molecule has 0 bridgehead atoms. The number of hydrogen-bond acceptors (Lipinski definition) is 9. The average molecular weight is 574 g/mol. The fourth-order valence-corrected chi connectivity index (χ4v) is 9.08. The summed E-state index contributed by atoms with van der Waals surface area (Å²) in [5.41, 5.74) is -1.62. The lowest BCUT2D eigenvalue weighted by Gasteiger charge is -2.60. The zero-order valence-corrected chi connectivity index (χ0v) is 24.6. The standard InChI is InChI=1S/C31H47N3O7/c1-29-9-7-21(35)17-20(29)3-4-22-23-8-10-31(40,30(23,2)18-24(36)28(22)29)25(37)19-41-27(39)6-5-26(38)33-13-16-34-14-11-32-12-15-34/h17,22-24,28,32,36,40H,3-16,18-19H2,1-2H3,(H,33,38)/t22-,23+,24-,28-,29-,30-,31-/m0/s1. The van der Waals surface area contributed by atoms with Gasteiger partial charge in [-0.2, -0.15) is 0 Å². The first-order valence-electron chi connectivity index (χ1n) is 15.5. The second-order valence-corrected chi connectivity index (χ2v) is 13.5. The minimum Gasteiger partial charge on any atom is -0.458 e. The fourth-order valence-electron chi connectivity index (χ4n) is 9.08. The van der Waals surface area contributed by atoms with E-state index in [0.29, 0.717) is 25.8 Å². The number of piperazine rings is 1. The van der Waals surface area contributed by atoms with E-state index in [1.165, 1.54) is 0 Å². The first-order chi connectivity index (χ1) is 19.5. The molecule has 4 N–H and O–H groups in total. The van der Waals surface area contributed by atoms with Crippen LogP contribution in [0.25, 0.3) is 0 Å². The van der Waals surface area contributed by atoms with E-state index in [2.05, 4.69) is 22.5 Å². The zero-order valence-electron chi connectivity index (χ0n) is 24.6. The molecule has 10 heteroatoms.